The van der Waals surface area contributed by atoms with E-state index in [0.717, 1.165) is 5.56 Å². The van der Waals surface area contributed by atoms with Crippen molar-refractivity contribution in [1.82, 2.24) is 0 Å². The zero-order valence-corrected chi connectivity index (χ0v) is 10.6. The van der Waals surface area contributed by atoms with Gasteiger partial charge in [0.05, 0.1) is 0 Å². The van der Waals surface area contributed by atoms with E-state index in [2.05, 4.69) is 0 Å². The van der Waals surface area contributed by atoms with Crippen molar-refractivity contribution in [2.45, 2.75) is 13.0 Å². The van der Waals surface area contributed by atoms with Crippen LogP contribution in [0.1, 0.15) is 15.9 Å². The first-order valence-corrected chi connectivity index (χ1v) is 6.23. The summed E-state index contributed by atoms with van der Waals surface area (Å²) in [5, 5.41) is 0. The number of benzene rings is 2. The minimum absolute atomic E-state index is 0.0433. The van der Waals surface area contributed by atoms with Gasteiger partial charge in [0.2, 0.25) is 5.78 Å². The monoisotopic (exact) mass is 254 g/mol. The van der Waals surface area contributed by atoms with Crippen molar-refractivity contribution in [2.24, 2.45) is 0 Å². The molecule has 0 aliphatic carbocycles. The van der Waals surface area contributed by atoms with Gasteiger partial charge in [-0.05, 0) is 25.1 Å². The van der Waals surface area contributed by atoms with E-state index in [1.54, 1.807) is 6.07 Å². The maximum Gasteiger partial charge on any atom is 0.206 e. The molecule has 1 atom stereocenters. The molecule has 2 aromatic carbocycles. The molecule has 0 radical (unpaired) electrons. The number of fused-ring (bicyclic) bond motifs is 1. The molecule has 1 unspecified atom stereocenters. The maximum atomic E-state index is 12.4. The second-order valence-corrected chi connectivity index (χ2v) is 4.60. The fourth-order valence-electron chi connectivity index (χ4n) is 2.13. The van der Waals surface area contributed by atoms with Crippen molar-refractivity contribution in [3.63, 3.8) is 0 Å². The second kappa shape index (κ2) is 4.76. The molecule has 1 aliphatic heterocycles. The lowest BCUT2D eigenvalue weighted by atomic mass is 10.0. The van der Waals surface area contributed by atoms with Gasteiger partial charge in [0.1, 0.15) is 6.61 Å². The van der Waals surface area contributed by atoms with Crippen LogP contribution >= 0.6 is 0 Å². The molecule has 0 N–H and O–H groups in total. The minimum atomic E-state index is -0.573. The number of para-hydroxylation sites is 2. The van der Waals surface area contributed by atoms with E-state index in [9.17, 15) is 4.79 Å². The quantitative estimate of drug-likeness (QED) is 0.773. The summed E-state index contributed by atoms with van der Waals surface area (Å²) in [6, 6.07) is 14.9. The molecule has 96 valence electrons. The highest BCUT2D eigenvalue weighted by Crippen LogP contribution is 2.31. The first kappa shape index (κ1) is 11.8. The summed E-state index contributed by atoms with van der Waals surface area (Å²) in [5.74, 6) is 1.27. The van der Waals surface area contributed by atoms with Crippen molar-refractivity contribution in [3.8, 4) is 11.5 Å². The zero-order chi connectivity index (χ0) is 13.2. The molecule has 0 fully saturated rings. The van der Waals surface area contributed by atoms with E-state index >= 15 is 0 Å². The highest BCUT2D eigenvalue weighted by Gasteiger charge is 2.27. The highest BCUT2D eigenvalue weighted by molar-refractivity contribution is 6.00. The van der Waals surface area contributed by atoms with Gasteiger partial charge in [-0.25, -0.2) is 0 Å². The van der Waals surface area contributed by atoms with E-state index < -0.39 is 6.10 Å². The molecule has 1 heterocycles. The Morgan fingerprint density at radius 3 is 2.68 bits per heavy atom. The Morgan fingerprint density at radius 1 is 1.11 bits per heavy atom. The minimum Gasteiger partial charge on any atom is -0.485 e. The van der Waals surface area contributed by atoms with E-state index in [1.165, 1.54) is 0 Å². The first-order valence-electron chi connectivity index (χ1n) is 6.23. The van der Waals surface area contributed by atoms with Gasteiger partial charge in [-0.2, -0.15) is 0 Å². The summed E-state index contributed by atoms with van der Waals surface area (Å²) in [5.41, 5.74) is 1.72. The molecule has 0 amide bonds. The van der Waals surface area contributed by atoms with Crippen molar-refractivity contribution < 1.29 is 14.3 Å². The molecule has 19 heavy (non-hydrogen) atoms. The number of Topliss-reactive ketones (excluding diaryl/α,β-unsaturated/α-hetero) is 1. The molecule has 0 bridgehead atoms. The van der Waals surface area contributed by atoms with Gasteiger partial charge in [0, 0.05) is 5.56 Å². The van der Waals surface area contributed by atoms with Crippen molar-refractivity contribution in [3.05, 3.63) is 59.7 Å². The summed E-state index contributed by atoms with van der Waals surface area (Å²) in [4.78, 5) is 12.4. The summed E-state index contributed by atoms with van der Waals surface area (Å²) >= 11 is 0. The number of hydrogen-bond acceptors (Lipinski definition) is 3. The summed E-state index contributed by atoms with van der Waals surface area (Å²) in [7, 11) is 0. The normalized spacial score (nSPS) is 17.0. The van der Waals surface area contributed by atoms with Gasteiger partial charge < -0.3 is 9.47 Å². The summed E-state index contributed by atoms with van der Waals surface area (Å²) in [6.45, 7) is 2.22. The number of hydrogen-bond donors (Lipinski definition) is 0. The van der Waals surface area contributed by atoms with E-state index in [1.807, 2.05) is 49.4 Å². The molecular weight excluding hydrogens is 240 g/mol. The Bertz CT molecular complexity index is 619. The molecule has 3 rings (SSSR count). The fraction of sp³-hybridized carbons (Fsp3) is 0.188. The Kier molecular flexibility index (Phi) is 2.95. The van der Waals surface area contributed by atoms with Gasteiger partial charge in [0.25, 0.3) is 0 Å². The van der Waals surface area contributed by atoms with Crippen molar-refractivity contribution in [1.29, 1.82) is 0 Å². The van der Waals surface area contributed by atoms with Gasteiger partial charge in [-0.15, -0.1) is 0 Å². The van der Waals surface area contributed by atoms with Crippen molar-refractivity contribution in [2.75, 3.05) is 6.61 Å². The zero-order valence-electron chi connectivity index (χ0n) is 10.6. The molecule has 0 aromatic heterocycles. The van der Waals surface area contributed by atoms with E-state index in [0.29, 0.717) is 17.1 Å². The van der Waals surface area contributed by atoms with Gasteiger partial charge >= 0.3 is 0 Å². The highest BCUT2D eigenvalue weighted by atomic mass is 16.6. The number of rotatable bonds is 2. The molecule has 3 heteroatoms. The lowest BCUT2D eigenvalue weighted by Crippen LogP contribution is -2.36. The van der Waals surface area contributed by atoms with Crippen LogP contribution in [0, 0.1) is 6.92 Å². The lowest BCUT2D eigenvalue weighted by molar-refractivity contribution is 0.0586. The SMILES string of the molecule is Cc1cccc(C(=O)C2COc3ccccc3O2)c1. The Balaban J connectivity index is 1.83. The molecule has 0 saturated carbocycles. The van der Waals surface area contributed by atoms with Crippen LogP contribution in [0.15, 0.2) is 48.5 Å². The van der Waals surface area contributed by atoms with Crippen LogP contribution in [0.5, 0.6) is 11.5 Å². The van der Waals surface area contributed by atoms with Crippen LogP contribution in [0.3, 0.4) is 0 Å². The smallest absolute Gasteiger partial charge is 0.206 e. The van der Waals surface area contributed by atoms with E-state index in [-0.39, 0.29) is 12.4 Å². The number of carbonyl (C=O) groups excluding carboxylic acids is 1. The standard InChI is InChI=1S/C16H14O3/c1-11-5-4-6-12(9-11)16(17)15-10-18-13-7-2-3-8-14(13)19-15/h2-9,15H,10H2,1H3. The number of ketones is 1. The third kappa shape index (κ3) is 2.32. The lowest BCUT2D eigenvalue weighted by Gasteiger charge is -2.25. The average Bonchev–Trinajstić information content (AvgIpc) is 2.46. The largest absolute Gasteiger partial charge is 0.485 e. The third-order valence-electron chi connectivity index (χ3n) is 3.10. The molecule has 0 saturated heterocycles. The maximum absolute atomic E-state index is 12.4. The summed E-state index contributed by atoms with van der Waals surface area (Å²) < 4.78 is 11.3. The average molecular weight is 254 g/mol. The van der Waals surface area contributed by atoms with Crippen LogP contribution in [0.4, 0.5) is 0 Å². The molecule has 3 nitrogen and oxygen atoms in total. The Labute approximate surface area is 111 Å². The van der Waals surface area contributed by atoms with Gasteiger partial charge in [0.15, 0.2) is 17.6 Å². The number of ether oxygens (including phenoxy) is 2. The van der Waals surface area contributed by atoms with Crippen LogP contribution < -0.4 is 9.47 Å². The number of carbonyl (C=O) groups is 1. The van der Waals surface area contributed by atoms with Gasteiger partial charge in [-0.1, -0.05) is 35.9 Å². The topological polar surface area (TPSA) is 35.5 Å². The molecule has 2 aromatic rings. The predicted octanol–water partition coefficient (Wildman–Crippen LogP) is 3.02. The Hall–Kier alpha value is -2.29. The summed E-state index contributed by atoms with van der Waals surface area (Å²) in [6.07, 6.45) is -0.573. The number of aryl methyl sites for hydroxylation is 1. The van der Waals surface area contributed by atoms with Crippen molar-refractivity contribution >= 4 is 5.78 Å². The Morgan fingerprint density at radius 2 is 1.89 bits per heavy atom. The fourth-order valence-corrected chi connectivity index (χ4v) is 2.13. The van der Waals surface area contributed by atoms with Crippen LogP contribution in [0.25, 0.3) is 0 Å². The van der Waals surface area contributed by atoms with E-state index in [4.69, 9.17) is 9.47 Å². The predicted molar refractivity (Wildman–Crippen MR) is 71.9 cm³/mol. The van der Waals surface area contributed by atoms with Crippen LogP contribution in [-0.4, -0.2) is 18.5 Å². The van der Waals surface area contributed by atoms with Gasteiger partial charge in [-0.3, -0.25) is 4.79 Å². The first-order chi connectivity index (χ1) is 9.24. The van der Waals surface area contributed by atoms with Crippen LogP contribution in [-0.2, 0) is 0 Å². The third-order valence-corrected chi connectivity index (χ3v) is 3.10. The molecule has 0 spiro atoms. The molecular formula is C16H14O3. The van der Waals surface area contributed by atoms with Crippen LogP contribution in [0.2, 0.25) is 0 Å². The second-order valence-electron chi connectivity index (χ2n) is 4.60. The molecule has 1 aliphatic rings.